The van der Waals surface area contributed by atoms with Gasteiger partial charge in [-0.2, -0.15) is 5.10 Å². The first kappa shape index (κ1) is 18.8. The van der Waals surface area contributed by atoms with Crippen LogP contribution in [0.1, 0.15) is 51.5 Å². The second kappa shape index (κ2) is 10.4. The van der Waals surface area contributed by atoms with Gasteiger partial charge in [-0.1, -0.05) is 33.1 Å². The Balaban J connectivity index is 1.96. The third-order valence-electron chi connectivity index (χ3n) is 3.88. The summed E-state index contributed by atoms with van der Waals surface area (Å²) in [5.41, 5.74) is 10.6. The SMILES string of the molecule is CCCCCN=C(N)N/N=C/c1c[nH]c2ccc(OCCCC)cc12. The van der Waals surface area contributed by atoms with Crippen LogP contribution >= 0.6 is 0 Å². The van der Waals surface area contributed by atoms with Gasteiger partial charge in [0.15, 0.2) is 0 Å². The Labute approximate surface area is 149 Å². The third kappa shape index (κ3) is 6.14. The normalized spacial score (nSPS) is 12.2. The van der Waals surface area contributed by atoms with E-state index in [0.717, 1.165) is 61.1 Å². The van der Waals surface area contributed by atoms with E-state index < -0.39 is 0 Å². The topological polar surface area (TPSA) is 87.8 Å². The second-order valence-corrected chi connectivity index (χ2v) is 6.00. The van der Waals surface area contributed by atoms with Crippen LogP contribution in [0.5, 0.6) is 5.75 Å². The van der Waals surface area contributed by atoms with Gasteiger partial charge < -0.3 is 15.5 Å². The molecule has 0 saturated carbocycles. The predicted molar refractivity (Wildman–Crippen MR) is 105 cm³/mol. The minimum Gasteiger partial charge on any atom is -0.494 e. The molecule has 0 bridgehead atoms. The number of hydrazone groups is 1. The van der Waals surface area contributed by atoms with Gasteiger partial charge in [-0.3, -0.25) is 4.99 Å². The number of fused-ring (bicyclic) bond motifs is 1. The highest BCUT2D eigenvalue weighted by atomic mass is 16.5. The first-order chi connectivity index (χ1) is 12.2. The summed E-state index contributed by atoms with van der Waals surface area (Å²) in [6.07, 6.45) is 9.22. The van der Waals surface area contributed by atoms with Crippen LogP contribution < -0.4 is 15.9 Å². The number of aromatic amines is 1. The largest absolute Gasteiger partial charge is 0.494 e. The van der Waals surface area contributed by atoms with E-state index in [-0.39, 0.29) is 0 Å². The molecule has 0 aliphatic rings. The summed E-state index contributed by atoms with van der Waals surface area (Å²) < 4.78 is 5.77. The van der Waals surface area contributed by atoms with Crippen LogP contribution in [-0.2, 0) is 0 Å². The van der Waals surface area contributed by atoms with Gasteiger partial charge in [-0.25, -0.2) is 5.43 Å². The number of aromatic nitrogens is 1. The standard InChI is InChI=1S/C19H29N5O/c1-3-5-7-10-21-19(20)24-23-14-15-13-22-18-9-8-16(12-17(15)18)25-11-6-4-2/h8-9,12-14,22H,3-7,10-11H2,1-2H3,(H3,20,21,24)/b23-14+. The van der Waals surface area contributed by atoms with Crippen molar-refractivity contribution in [2.45, 2.75) is 46.0 Å². The Morgan fingerprint density at radius 3 is 2.88 bits per heavy atom. The highest BCUT2D eigenvalue weighted by molar-refractivity contribution is 5.99. The summed E-state index contributed by atoms with van der Waals surface area (Å²) >= 11 is 0. The third-order valence-corrected chi connectivity index (χ3v) is 3.88. The lowest BCUT2D eigenvalue weighted by molar-refractivity contribution is 0.310. The smallest absolute Gasteiger partial charge is 0.209 e. The molecular weight excluding hydrogens is 314 g/mol. The van der Waals surface area contributed by atoms with Gasteiger partial charge in [-0.05, 0) is 31.0 Å². The lowest BCUT2D eigenvalue weighted by Crippen LogP contribution is -2.27. The van der Waals surface area contributed by atoms with E-state index in [9.17, 15) is 0 Å². The Bertz CT molecular complexity index is 705. The van der Waals surface area contributed by atoms with E-state index >= 15 is 0 Å². The molecule has 0 fully saturated rings. The molecule has 136 valence electrons. The Kier molecular flexibility index (Phi) is 7.82. The quantitative estimate of drug-likeness (QED) is 0.265. The van der Waals surface area contributed by atoms with Crippen LogP contribution in [0.15, 0.2) is 34.5 Å². The molecule has 0 aliphatic heterocycles. The number of hydrogen-bond donors (Lipinski definition) is 3. The van der Waals surface area contributed by atoms with Crippen LogP contribution in [0.4, 0.5) is 0 Å². The number of unbranched alkanes of at least 4 members (excludes halogenated alkanes) is 3. The van der Waals surface area contributed by atoms with E-state index in [1.807, 2.05) is 24.4 Å². The van der Waals surface area contributed by atoms with E-state index in [0.29, 0.717) is 5.96 Å². The summed E-state index contributed by atoms with van der Waals surface area (Å²) in [7, 11) is 0. The summed E-state index contributed by atoms with van der Waals surface area (Å²) in [4.78, 5) is 7.47. The molecule has 1 aromatic heterocycles. The van der Waals surface area contributed by atoms with Gasteiger partial charge in [-0.15, -0.1) is 0 Å². The summed E-state index contributed by atoms with van der Waals surface area (Å²) in [5, 5.41) is 5.24. The number of nitrogens with two attached hydrogens (primary N) is 1. The zero-order chi connectivity index (χ0) is 17.9. The Morgan fingerprint density at radius 2 is 2.08 bits per heavy atom. The van der Waals surface area contributed by atoms with E-state index in [1.54, 1.807) is 6.21 Å². The van der Waals surface area contributed by atoms with Crippen molar-refractivity contribution in [3.05, 3.63) is 30.0 Å². The number of rotatable bonds is 10. The molecule has 2 aromatic rings. The molecule has 4 N–H and O–H groups in total. The predicted octanol–water partition coefficient (Wildman–Crippen LogP) is 3.78. The van der Waals surface area contributed by atoms with Crippen LogP contribution in [0.25, 0.3) is 10.9 Å². The van der Waals surface area contributed by atoms with Crippen molar-refractivity contribution in [2.24, 2.45) is 15.8 Å². The average molecular weight is 343 g/mol. The zero-order valence-electron chi connectivity index (χ0n) is 15.2. The molecule has 6 heteroatoms. The van der Waals surface area contributed by atoms with E-state index in [2.05, 4.69) is 34.4 Å². The first-order valence-corrected chi connectivity index (χ1v) is 9.07. The monoisotopic (exact) mass is 343 g/mol. The number of H-pyrrole nitrogens is 1. The van der Waals surface area contributed by atoms with Crippen LogP contribution in [0, 0.1) is 0 Å². The first-order valence-electron chi connectivity index (χ1n) is 9.07. The summed E-state index contributed by atoms with van der Waals surface area (Å²) in [6, 6.07) is 6.03. The molecule has 0 spiro atoms. The molecule has 6 nitrogen and oxygen atoms in total. The van der Waals surface area contributed by atoms with Crippen LogP contribution in [0.3, 0.4) is 0 Å². The number of nitrogens with one attached hydrogen (secondary N) is 2. The molecule has 0 amide bonds. The molecule has 0 atom stereocenters. The fourth-order valence-electron chi connectivity index (χ4n) is 2.42. The lowest BCUT2D eigenvalue weighted by atomic mass is 10.2. The number of benzene rings is 1. The molecule has 0 unspecified atom stereocenters. The van der Waals surface area contributed by atoms with Gasteiger partial charge in [0, 0.05) is 29.2 Å². The molecule has 2 rings (SSSR count). The maximum atomic E-state index is 5.80. The average Bonchev–Trinajstić information content (AvgIpc) is 3.01. The maximum absolute atomic E-state index is 5.80. The minimum absolute atomic E-state index is 0.343. The molecule has 25 heavy (non-hydrogen) atoms. The zero-order valence-corrected chi connectivity index (χ0v) is 15.2. The van der Waals surface area contributed by atoms with E-state index in [1.165, 1.54) is 6.42 Å². The number of ether oxygens (including phenoxy) is 1. The molecule has 0 radical (unpaired) electrons. The minimum atomic E-state index is 0.343. The second-order valence-electron chi connectivity index (χ2n) is 6.00. The van der Waals surface area contributed by atoms with Gasteiger partial charge in [0.25, 0.3) is 0 Å². The number of nitrogens with zero attached hydrogens (tertiary/aromatic N) is 2. The highest BCUT2D eigenvalue weighted by Crippen LogP contribution is 2.23. The van der Waals surface area contributed by atoms with Crippen molar-refractivity contribution in [1.82, 2.24) is 10.4 Å². The number of hydrogen-bond acceptors (Lipinski definition) is 3. The van der Waals surface area contributed by atoms with Crippen LogP contribution in [0.2, 0.25) is 0 Å². The van der Waals surface area contributed by atoms with Crippen molar-refractivity contribution in [1.29, 1.82) is 0 Å². The van der Waals surface area contributed by atoms with Crippen molar-refractivity contribution < 1.29 is 4.74 Å². The maximum Gasteiger partial charge on any atom is 0.209 e. The van der Waals surface area contributed by atoms with E-state index in [4.69, 9.17) is 10.5 Å². The fraction of sp³-hybridized carbons (Fsp3) is 0.474. The van der Waals surface area contributed by atoms with Gasteiger partial charge >= 0.3 is 0 Å². The van der Waals surface area contributed by atoms with Crippen molar-refractivity contribution in [2.75, 3.05) is 13.2 Å². The number of guanidine groups is 1. The summed E-state index contributed by atoms with van der Waals surface area (Å²) in [5.74, 6) is 1.22. The van der Waals surface area contributed by atoms with Crippen molar-refractivity contribution >= 4 is 23.1 Å². The molecule has 0 aliphatic carbocycles. The molecule has 1 aromatic carbocycles. The van der Waals surface area contributed by atoms with Crippen LogP contribution in [-0.4, -0.2) is 30.3 Å². The van der Waals surface area contributed by atoms with Crippen molar-refractivity contribution in [3.8, 4) is 5.75 Å². The van der Waals surface area contributed by atoms with Gasteiger partial charge in [0.1, 0.15) is 5.75 Å². The van der Waals surface area contributed by atoms with Gasteiger partial charge in [0.05, 0.1) is 12.8 Å². The summed E-state index contributed by atoms with van der Waals surface area (Å²) in [6.45, 7) is 5.78. The fourth-order valence-corrected chi connectivity index (χ4v) is 2.42. The van der Waals surface area contributed by atoms with Gasteiger partial charge in [0.2, 0.25) is 5.96 Å². The molecule has 1 heterocycles. The Morgan fingerprint density at radius 1 is 1.24 bits per heavy atom. The van der Waals surface area contributed by atoms with Crippen molar-refractivity contribution in [3.63, 3.8) is 0 Å². The lowest BCUT2D eigenvalue weighted by Gasteiger charge is -2.05. The molecular formula is C19H29N5O. The number of aliphatic imine (C=N–C) groups is 1. The molecule has 0 saturated heterocycles. The Hall–Kier alpha value is -2.50. The highest BCUT2D eigenvalue weighted by Gasteiger charge is 2.04.